The monoisotopic (exact) mass is 246 g/mol. The zero-order chi connectivity index (χ0) is 11.8. The van der Waals surface area contributed by atoms with E-state index >= 15 is 0 Å². The summed E-state index contributed by atoms with van der Waals surface area (Å²) in [5.74, 6) is 0. The number of H-pyrrole nitrogens is 1. The van der Waals surface area contributed by atoms with E-state index in [1.165, 1.54) is 0 Å². The molecule has 3 rings (SSSR count). The van der Waals surface area contributed by atoms with E-state index in [9.17, 15) is 4.79 Å². The summed E-state index contributed by atoms with van der Waals surface area (Å²) in [5, 5.41) is 3.91. The lowest BCUT2D eigenvalue weighted by atomic mass is 10.2. The van der Waals surface area contributed by atoms with Crippen LogP contribution in [0.5, 0.6) is 0 Å². The van der Waals surface area contributed by atoms with Crippen LogP contribution in [0, 0.1) is 0 Å². The number of pyridine rings is 1. The van der Waals surface area contributed by atoms with Gasteiger partial charge in [0.25, 0.3) is 5.56 Å². The zero-order valence-corrected chi connectivity index (χ0v) is 10.5. The highest BCUT2D eigenvalue weighted by molar-refractivity contribution is 7.17. The van der Waals surface area contributed by atoms with Crippen LogP contribution in [0.25, 0.3) is 21.1 Å². The molecule has 88 valence electrons. The zero-order valence-electron chi connectivity index (χ0n) is 9.69. The van der Waals surface area contributed by atoms with E-state index in [1.54, 1.807) is 11.3 Å². The van der Waals surface area contributed by atoms with Crippen molar-refractivity contribution < 1.29 is 0 Å². The van der Waals surface area contributed by atoms with Gasteiger partial charge in [-0.3, -0.25) is 4.79 Å². The van der Waals surface area contributed by atoms with Crippen LogP contribution < -0.4 is 5.56 Å². The number of hydrogen-bond donors (Lipinski definition) is 1. The summed E-state index contributed by atoms with van der Waals surface area (Å²) in [4.78, 5) is 16.7. The van der Waals surface area contributed by atoms with Crippen LogP contribution in [0.2, 0.25) is 0 Å². The Morgan fingerprint density at radius 2 is 2.29 bits per heavy atom. The summed E-state index contributed by atoms with van der Waals surface area (Å²) in [5.41, 5.74) is 1.07. The van der Waals surface area contributed by atoms with Gasteiger partial charge in [-0.25, -0.2) is 0 Å². The Bertz CT molecular complexity index is 720. The van der Waals surface area contributed by atoms with Crippen molar-refractivity contribution in [2.45, 2.75) is 26.3 Å². The molecule has 0 spiro atoms. The molecule has 0 aromatic carbocycles. The van der Waals surface area contributed by atoms with Gasteiger partial charge in [-0.2, -0.15) is 0 Å². The van der Waals surface area contributed by atoms with Gasteiger partial charge in [0.2, 0.25) is 0 Å². The summed E-state index contributed by atoms with van der Waals surface area (Å²) in [7, 11) is 0. The lowest BCUT2D eigenvalue weighted by molar-refractivity contribution is 0.617. The van der Waals surface area contributed by atoms with Crippen molar-refractivity contribution in [3.63, 3.8) is 0 Å². The highest BCUT2D eigenvalue weighted by atomic mass is 32.1. The third-order valence-electron chi connectivity index (χ3n) is 3.10. The Morgan fingerprint density at radius 3 is 3.12 bits per heavy atom. The lowest BCUT2D eigenvalue weighted by Crippen LogP contribution is -2.19. The quantitative estimate of drug-likeness (QED) is 0.756. The van der Waals surface area contributed by atoms with Gasteiger partial charge in [0.05, 0.1) is 10.9 Å². The topological polar surface area (TPSA) is 37.8 Å². The number of rotatable bonds is 3. The van der Waals surface area contributed by atoms with Crippen molar-refractivity contribution in [2.75, 3.05) is 0 Å². The molecule has 1 N–H and O–H groups in total. The predicted molar refractivity (Wildman–Crippen MR) is 72.8 cm³/mol. The summed E-state index contributed by atoms with van der Waals surface area (Å²) in [6.45, 7) is 2.94. The molecule has 3 nitrogen and oxygen atoms in total. The van der Waals surface area contributed by atoms with Crippen LogP contribution in [0.15, 0.2) is 28.5 Å². The molecule has 0 radical (unpaired) electrons. The van der Waals surface area contributed by atoms with Gasteiger partial charge in [-0.1, -0.05) is 13.3 Å². The smallest absolute Gasteiger partial charge is 0.260 e. The maximum Gasteiger partial charge on any atom is 0.260 e. The Morgan fingerprint density at radius 1 is 1.41 bits per heavy atom. The van der Waals surface area contributed by atoms with Gasteiger partial charge < -0.3 is 9.55 Å². The first kappa shape index (κ1) is 10.6. The van der Waals surface area contributed by atoms with E-state index in [-0.39, 0.29) is 5.56 Å². The van der Waals surface area contributed by atoms with Gasteiger partial charge in [-0.05, 0) is 23.9 Å². The highest BCUT2D eigenvalue weighted by Crippen LogP contribution is 2.26. The minimum atomic E-state index is 0.126. The SMILES string of the molecule is CCCCn1ccc2[nH]c3sccc3c2c1=O. The van der Waals surface area contributed by atoms with E-state index in [4.69, 9.17) is 0 Å². The highest BCUT2D eigenvalue weighted by Gasteiger charge is 2.10. The van der Waals surface area contributed by atoms with Crippen molar-refractivity contribution in [3.05, 3.63) is 34.1 Å². The molecule has 0 fully saturated rings. The fraction of sp³-hybridized carbons (Fsp3) is 0.308. The summed E-state index contributed by atoms with van der Waals surface area (Å²) in [6.07, 6.45) is 4.04. The van der Waals surface area contributed by atoms with Gasteiger partial charge in [0, 0.05) is 18.1 Å². The number of thiophene rings is 1. The number of aromatic nitrogens is 2. The van der Waals surface area contributed by atoms with Crippen LogP contribution in [-0.2, 0) is 6.54 Å². The average Bonchev–Trinajstić information content (AvgIpc) is 2.87. The predicted octanol–water partition coefficient (Wildman–Crippen LogP) is 3.34. The van der Waals surface area contributed by atoms with Crippen LogP contribution in [0.4, 0.5) is 0 Å². The Hall–Kier alpha value is -1.55. The van der Waals surface area contributed by atoms with Gasteiger partial charge in [0.15, 0.2) is 0 Å². The van der Waals surface area contributed by atoms with Crippen molar-refractivity contribution in [3.8, 4) is 0 Å². The van der Waals surface area contributed by atoms with Crippen molar-refractivity contribution in [1.29, 1.82) is 0 Å². The number of nitrogens with one attached hydrogen (secondary N) is 1. The first-order valence-electron chi connectivity index (χ1n) is 5.89. The maximum absolute atomic E-state index is 12.4. The molecule has 0 aliphatic carbocycles. The molecule has 0 bridgehead atoms. The van der Waals surface area contributed by atoms with Crippen LogP contribution >= 0.6 is 11.3 Å². The largest absolute Gasteiger partial charge is 0.346 e. The van der Waals surface area contributed by atoms with E-state index in [0.717, 1.165) is 40.5 Å². The average molecular weight is 246 g/mol. The van der Waals surface area contributed by atoms with Crippen molar-refractivity contribution in [2.24, 2.45) is 0 Å². The van der Waals surface area contributed by atoms with Gasteiger partial charge in [-0.15, -0.1) is 11.3 Å². The molecular weight excluding hydrogens is 232 g/mol. The van der Waals surface area contributed by atoms with Crippen molar-refractivity contribution >= 4 is 32.5 Å². The number of aromatic amines is 1. The molecule has 0 atom stereocenters. The molecule has 4 heteroatoms. The van der Waals surface area contributed by atoms with E-state index in [0.29, 0.717) is 0 Å². The Labute approximate surface area is 103 Å². The number of nitrogens with zero attached hydrogens (tertiary/aromatic N) is 1. The van der Waals surface area contributed by atoms with Crippen LogP contribution in [-0.4, -0.2) is 9.55 Å². The summed E-state index contributed by atoms with van der Waals surface area (Å²) >= 11 is 1.64. The van der Waals surface area contributed by atoms with Crippen LogP contribution in [0.3, 0.4) is 0 Å². The van der Waals surface area contributed by atoms with Crippen LogP contribution in [0.1, 0.15) is 19.8 Å². The van der Waals surface area contributed by atoms with Crippen molar-refractivity contribution in [1.82, 2.24) is 9.55 Å². The molecule has 3 heterocycles. The third-order valence-corrected chi connectivity index (χ3v) is 3.93. The number of aryl methyl sites for hydroxylation is 1. The van der Waals surface area contributed by atoms with E-state index in [1.807, 2.05) is 28.3 Å². The fourth-order valence-electron chi connectivity index (χ4n) is 2.17. The first-order valence-corrected chi connectivity index (χ1v) is 6.77. The molecule has 17 heavy (non-hydrogen) atoms. The number of hydrogen-bond acceptors (Lipinski definition) is 2. The molecule has 3 aromatic rings. The minimum Gasteiger partial charge on any atom is -0.346 e. The van der Waals surface area contributed by atoms with E-state index in [2.05, 4.69) is 11.9 Å². The second-order valence-electron chi connectivity index (χ2n) is 4.24. The molecule has 0 aliphatic heterocycles. The molecular formula is C13H14N2OS. The van der Waals surface area contributed by atoms with Gasteiger partial charge in [0.1, 0.15) is 4.83 Å². The second kappa shape index (κ2) is 4.04. The second-order valence-corrected chi connectivity index (χ2v) is 5.16. The lowest BCUT2D eigenvalue weighted by Gasteiger charge is -2.03. The summed E-state index contributed by atoms with van der Waals surface area (Å²) < 4.78 is 1.82. The van der Waals surface area contributed by atoms with E-state index < -0.39 is 0 Å². The fourth-order valence-corrected chi connectivity index (χ4v) is 2.97. The first-order chi connectivity index (χ1) is 8.31. The third kappa shape index (κ3) is 1.60. The Kier molecular flexibility index (Phi) is 2.52. The summed E-state index contributed by atoms with van der Waals surface area (Å²) in [6, 6.07) is 4.02. The minimum absolute atomic E-state index is 0.126. The molecule has 0 aliphatic rings. The normalized spacial score (nSPS) is 11.6. The maximum atomic E-state index is 12.4. The number of fused-ring (bicyclic) bond motifs is 3. The molecule has 0 amide bonds. The standard InChI is InChI=1S/C13H14N2OS/c1-2-3-6-15-7-4-10-11(13(15)16)9-5-8-17-12(9)14-10/h4-5,7-8,14H,2-3,6H2,1H3. The molecule has 3 aromatic heterocycles. The molecule has 0 unspecified atom stereocenters. The number of unbranched alkanes of at least 4 members (excludes halogenated alkanes) is 1. The van der Waals surface area contributed by atoms with Gasteiger partial charge >= 0.3 is 0 Å². The molecule has 0 saturated heterocycles. The Balaban J connectivity index is 2.27. The molecule has 0 saturated carbocycles.